The average Bonchev–Trinajstić information content (AvgIpc) is 2.66. The van der Waals surface area contributed by atoms with E-state index in [-0.39, 0.29) is 6.61 Å². The third kappa shape index (κ3) is 5.87. The molecule has 0 aromatic heterocycles. The molecule has 0 aliphatic carbocycles. The molecule has 0 amide bonds. The van der Waals surface area contributed by atoms with E-state index in [1.807, 2.05) is 25.1 Å². The van der Waals surface area contributed by atoms with Crippen LogP contribution in [0.4, 0.5) is 11.4 Å². The number of nitrogens with one attached hydrogen (secondary N) is 1. The Morgan fingerprint density at radius 3 is 2.93 bits per heavy atom. The van der Waals surface area contributed by atoms with Gasteiger partial charge in [0.25, 0.3) is 0 Å². The van der Waals surface area contributed by atoms with Gasteiger partial charge in [-0.25, -0.2) is 0 Å². The van der Waals surface area contributed by atoms with E-state index < -0.39 is 0 Å². The number of nitrogen functional groups attached to an aromatic ring is 1. The van der Waals surface area contributed by atoms with Gasteiger partial charge in [0.1, 0.15) is 13.3 Å². The highest BCUT2D eigenvalue weighted by molar-refractivity contribution is 6.31. The fourth-order valence-corrected chi connectivity index (χ4v) is 2.48. The van der Waals surface area contributed by atoms with Gasteiger partial charge >= 0.3 is 0 Å². The number of ether oxygens (including phenoxy) is 1. The third-order valence-corrected chi connectivity index (χ3v) is 4.03. The molecule has 0 aliphatic rings. The summed E-state index contributed by atoms with van der Waals surface area (Å²) in [4.78, 5) is 7.99. The molecule has 0 saturated carbocycles. The van der Waals surface area contributed by atoms with Crippen molar-refractivity contribution < 1.29 is 4.74 Å². The second kappa shape index (κ2) is 10.00. The van der Waals surface area contributed by atoms with Crippen LogP contribution in [0.1, 0.15) is 16.7 Å². The number of para-hydroxylation sites is 1. The van der Waals surface area contributed by atoms with Crippen molar-refractivity contribution in [1.29, 1.82) is 5.26 Å². The SMILES string of the molecule is C=N/C=C(\C=N/CNc1c(C)cccc1N)OCc1cc(C#N)ccc1Cl. The summed E-state index contributed by atoms with van der Waals surface area (Å²) in [7, 11) is 0. The van der Waals surface area contributed by atoms with Gasteiger partial charge in [-0.05, 0) is 43.5 Å². The minimum atomic E-state index is 0.180. The molecule has 7 heteroatoms. The predicted molar refractivity (Wildman–Crippen MR) is 111 cm³/mol. The average molecular weight is 382 g/mol. The Balaban J connectivity index is 1.98. The number of nitrogens with zero attached hydrogens (tertiary/aromatic N) is 3. The Hall–Kier alpha value is -3.30. The standard InChI is InChI=1S/C20H20ClN5O/c1-14-4-3-5-19(23)20(14)26-13-25-11-17(10-24-2)27-12-16-8-15(9-22)6-7-18(16)21/h3-8,10-11,26H,2,12-13,23H2,1H3/b17-10+,25-11-. The highest BCUT2D eigenvalue weighted by Crippen LogP contribution is 2.22. The molecule has 2 aromatic carbocycles. The molecule has 0 aliphatic heterocycles. The summed E-state index contributed by atoms with van der Waals surface area (Å²) in [6.07, 6.45) is 2.99. The zero-order chi connectivity index (χ0) is 19.6. The first-order chi connectivity index (χ1) is 13.0. The topological polar surface area (TPSA) is 95.8 Å². The van der Waals surface area contributed by atoms with Crippen molar-refractivity contribution in [3.05, 3.63) is 70.1 Å². The first-order valence-electron chi connectivity index (χ1n) is 8.11. The summed E-state index contributed by atoms with van der Waals surface area (Å²) in [6.45, 7) is 5.90. The Labute approximate surface area is 163 Å². The minimum absolute atomic E-state index is 0.180. The maximum atomic E-state index is 8.99. The lowest BCUT2D eigenvalue weighted by atomic mass is 10.1. The molecule has 6 nitrogen and oxygen atoms in total. The van der Waals surface area contributed by atoms with E-state index in [1.54, 1.807) is 18.2 Å². The lowest BCUT2D eigenvalue weighted by Gasteiger charge is -2.10. The number of hydrogen-bond acceptors (Lipinski definition) is 6. The second-order valence-corrected chi connectivity index (χ2v) is 6.01. The van der Waals surface area contributed by atoms with E-state index in [9.17, 15) is 0 Å². The van der Waals surface area contributed by atoms with Gasteiger partial charge in [0.05, 0.1) is 35.4 Å². The first-order valence-corrected chi connectivity index (χ1v) is 8.49. The molecule has 0 atom stereocenters. The quantitative estimate of drug-likeness (QED) is 0.404. The van der Waals surface area contributed by atoms with Crippen LogP contribution in [-0.4, -0.2) is 19.6 Å². The van der Waals surface area contributed by atoms with Gasteiger partial charge in [-0.2, -0.15) is 5.26 Å². The predicted octanol–water partition coefficient (Wildman–Crippen LogP) is 4.30. The van der Waals surface area contributed by atoms with Crippen molar-refractivity contribution in [2.75, 3.05) is 17.7 Å². The van der Waals surface area contributed by atoms with Crippen molar-refractivity contribution in [1.82, 2.24) is 0 Å². The highest BCUT2D eigenvalue weighted by Gasteiger charge is 2.04. The highest BCUT2D eigenvalue weighted by atomic mass is 35.5. The second-order valence-electron chi connectivity index (χ2n) is 5.61. The number of nitrogens with two attached hydrogens (primary N) is 1. The molecule has 0 heterocycles. The number of benzene rings is 2. The number of halogens is 1. The van der Waals surface area contributed by atoms with Crippen LogP contribution in [0.5, 0.6) is 0 Å². The Morgan fingerprint density at radius 1 is 1.41 bits per heavy atom. The number of anilines is 2. The number of rotatable bonds is 8. The molecular formula is C20H20ClN5O. The minimum Gasteiger partial charge on any atom is -0.486 e. The lowest BCUT2D eigenvalue weighted by molar-refractivity contribution is 0.218. The van der Waals surface area contributed by atoms with Crippen LogP contribution in [0.3, 0.4) is 0 Å². The molecule has 138 valence electrons. The van der Waals surface area contributed by atoms with E-state index in [4.69, 9.17) is 27.3 Å². The van der Waals surface area contributed by atoms with Crippen LogP contribution >= 0.6 is 11.6 Å². The first kappa shape index (κ1) is 20.0. The molecule has 0 saturated heterocycles. The number of hydrogen-bond donors (Lipinski definition) is 2. The summed E-state index contributed by atoms with van der Waals surface area (Å²) in [5.41, 5.74) is 9.72. The maximum Gasteiger partial charge on any atom is 0.155 e. The number of aryl methyl sites for hydroxylation is 1. The van der Waals surface area contributed by atoms with Crippen molar-refractivity contribution in [2.45, 2.75) is 13.5 Å². The van der Waals surface area contributed by atoms with Gasteiger partial charge in [0, 0.05) is 10.6 Å². The molecular weight excluding hydrogens is 362 g/mol. The van der Waals surface area contributed by atoms with Crippen molar-refractivity contribution in [3.63, 3.8) is 0 Å². The van der Waals surface area contributed by atoms with Crippen LogP contribution in [0, 0.1) is 18.3 Å². The van der Waals surface area contributed by atoms with Gasteiger partial charge < -0.3 is 15.8 Å². The molecule has 0 unspecified atom stereocenters. The van der Waals surface area contributed by atoms with Crippen LogP contribution in [0.2, 0.25) is 5.02 Å². The molecule has 2 aromatic rings. The summed E-state index contributed by atoms with van der Waals surface area (Å²) in [5.74, 6) is 0.419. The van der Waals surface area contributed by atoms with E-state index in [2.05, 4.69) is 28.1 Å². The van der Waals surface area contributed by atoms with Gasteiger partial charge in [0.15, 0.2) is 5.76 Å². The van der Waals surface area contributed by atoms with E-state index in [1.165, 1.54) is 12.4 Å². The van der Waals surface area contributed by atoms with Crippen LogP contribution in [0.15, 0.2) is 58.3 Å². The van der Waals surface area contributed by atoms with Gasteiger partial charge in [-0.15, -0.1) is 0 Å². The number of aliphatic imine (C=N–C) groups is 2. The van der Waals surface area contributed by atoms with E-state index in [0.29, 0.717) is 34.3 Å². The number of allylic oxidation sites excluding steroid dienone is 1. The fourth-order valence-electron chi connectivity index (χ4n) is 2.31. The maximum absolute atomic E-state index is 8.99. The molecule has 3 N–H and O–H groups in total. The van der Waals surface area contributed by atoms with Gasteiger partial charge in [0.2, 0.25) is 0 Å². The normalized spacial score (nSPS) is 11.2. The van der Waals surface area contributed by atoms with E-state index >= 15 is 0 Å². The van der Waals surface area contributed by atoms with Crippen LogP contribution < -0.4 is 11.1 Å². The van der Waals surface area contributed by atoms with Crippen molar-refractivity contribution >= 4 is 35.9 Å². The van der Waals surface area contributed by atoms with Crippen LogP contribution in [-0.2, 0) is 11.3 Å². The molecule has 27 heavy (non-hydrogen) atoms. The number of nitriles is 1. The van der Waals surface area contributed by atoms with Gasteiger partial charge in [-0.1, -0.05) is 23.7 Å². The Kier molecular flexibility index (Phi) is 7.41. The summed E-state index contributed by atoms with van der Waals surface area (Å²) >= 11 is 6.14. The summed E-state index contributed by atoms with van der Waals surface area (Å²) in [5, 5.41) is 12.7. The lowest BCUT2D eigenvalue weighted by Crippen LogP contribution is -2.05. The molecule has 0 bridgehead atoms. The molecule has 0 spiro atoms. The summed E-state index contributed by atoms with van der Waals surface area (Å²) < 4.78 is 5.68. The largest absolute Gasteiger partial charge is 0.486 e. The fraction of sp³-hybridized carbons (Fsp3) is 0.150. The van der Waals surface area contributed by atoms with E-state index in [0.717, 1.165) is 11.3 Å². The Morgan fingerprint density at radius 2 is 2.22 bits per heavy atom. The van der Waals surface area contributed by atoms with Crippen molar-refractivity contribution in [2.24, 2.45) is 9.98 Å². The Bertz CT molecular complexity index is 895. The van der Waals surface area contributed by atoms with Crippen molar-refractivity contribution in [3.8, 4) is 6.07 Å². The zero-order valence-electron chi connectivity index (χ0n) is 14.9. The van der Waals surface area contributed by atoms with Gasteiger partial charge in [-0.3, -0.25) is 9.98 Å². The summed E-state index contributed by atoms with van der Waals surface area (Å²) in [6, 6.07) is 12.8. The third-order valence-electron chi connectivity index (χ3n) is 3.66. The molecule has 0 radical (unpaired) electrons. The molecule has 2 rings (SSSR count). The smallest absolute Gasteiger partial charge is 0.155 e. The molecule has 0 fully saturated rings. The zero-order valence-corrected chi connectivity index (χ0v) is 15.7. The van der Waals surface area contributed by atoms with Crippen LogP contribution in [0.25, 0.3) is 0 Å². The monoisotopic (exact) mass is 381 g/mol.